The molecule has 0 bridgehead atoms. The molecule has 2 N–H and O–H groups in total. The van der Waals surface area contributed by atoms with Gasteiger partial charge in [-0.1, -0.05) is 12.1 Å². The van der Waals surface area contributed by atoms with Gasteiger partial charge in [0.05, 0.1) is 12.6 Å². The highest BCUT2D eigenvalue weighted by Crippen LogP contribution is 2.11. The van der Waals surface area contributed by atoms with Crippen LogP contribution in [-0.2, 0) is 11.3 Å². The summed E-state index contributed by atoms with van der Waals surface area (Å²) >= 11 is 0. The second-order valence-electron chi connectivity index (χ2n) is 6.39. The number of nitrogens with zero attached hydrogens (tertiary/aromatic N) is 2. The van der Waals surface area contributed by atoms with Gasteiger partial charge in [-0.2, -0.15) is 0 Å². The number of ether oxygens (including phenoxy) is 1. The minimum Gasteiger partial charge on any atom is -0.376 e. The van der Waals surface area contributed by atoms with E-state index < -0.39 is 0 Å². The molecule has 144 valence electrons. The summed E-state index contributed by atoms with van der Waals surface area (Å²) in [6, 6.07) is 7.73. The third-order valence-corrected chi connectivity index (χ3v) is 4.54. The SMILES string of the molecule is CCNC(=NCc1ccc(C(=O)N(CC)CC)cc1)NCC1CCCO1. The maximum atomic E-state index is 12.3. The van der Waals surface area contributed by atoms with E-state index in [0.717, 1.165) is 62.7 Å². The maximum Gasteiger partial charge on any atom is 0.253 e. The molecule has 6 heteroatoms. The van der Waals surface area contributed by atoms with Crippen LogP contribution in [0.15, 0.2) is 29.3 Å². The molecule has 0 spiro atoms. The van der Waals surface area contributed by atoms with Crippen molar-refractivity contribution in [2.75, 3.05) is 32.8 Å². The summed E-state index contributed by atoms with van der Waals surface area (Å²) in [7, 11) is 0. The van der Waals surface area contributed by atoms with Crippen LogP contribution in [0.25, 0.3) is 0 Å². The Morgan fingerprint density at radius 2 is 1.92 bits per heavy atom. The van der Waals surface area contributed by atoms with E-state index in [1.54, 1.807) is 0 Å². The summed E-state index contributed by atoms with van der Waals surface area (Å²) in [6.07, 6.45) is 2.52. The fourth-order valence-electron chi connectivity index (χ4n) is 2.97. The molecule has 1 aliphatic heterocycles. The lowest BCUT2D eigenvalue weighted by molar-refractivity contribution is 0.0773. The van der Waals surface area contributed by atoms with E-state index in [1.807, 2.05) is 43.0 Å². The molecule has 1 saturated heterocycles. The van der Waals surface area contributed by atoms with Crippen LogP contribution in [0.2, 0.25) is 0 Å². The Morgan fingerprint density at radius 1 is 1.19 bits per heavy atom. The van der Waals surface area contributed by atoms with Crippen molar-refractivity contribution in [1.29, 1.82) is 0 Å². The van der Waals surface area contributed by atoms with Gasteiger partial charge in [0.2, 0.25) is 0 Å². The normalized spacial score (nSPS) is 17.2. The summed E-state index contributed by atoms with van der Waals surface area (Å²) < 4.78 is 5.64. The summed E-state index contributed by atoms with van der Waals surface area (Å²) in [5.41, 5.74) is 1.81. The third kappa shape index (κ3) is 6.02. The second kappa shape index (κ2) is 10.8. The number of guanidine groups is 1. The molecule has 0 saturated carbocycles. The van der Waals surface area contributed by atoms with Crippen LogP contribution >= 0.6 is 0 Å². The van der Waals surface area contributed by atoms with Crippen LogP contribution in [0, 0.1) is 0 Å². The second-order valence-corrected chi connectivity index (χ2v) is 6.39. The van der Waals surface area contributed by atoms with Crippen molar-refractivity contribution in [1.82, 2.24) is 15.5 Å². The number of benzene rings is 1. The first kappa shape index (κ1) is 20.2. The van der Waals surface area contributed by atoms with Gasteiger partial charge in [0.1, 0.15) is 0 Å². The predicted octanol–water partition coefficient (Wildman–Crippen LogP) is 2.40. The van der Waals surface area contributed by atoms with E-state index in [9.17, 15) is 4.79 Å². The first-order valence-electron chi connectivity index (χ1n) is 9.69. The molecule has 1 atom stereocenters. The van der Waals surface area contributed by atoms with E-state index in [1.165, 1.54) is 0 Å². The van der Waals surface area contributed by atoms with Crippen molar-refractivity contribution in [2.24, 2.45) is 4.99 Å². The third-order valence-electron chi connectivity index (χ3n) is 4.54. The molecule has 6 nitrogen and oxygen atoms in total. The lowest BCUT2D eigenvalue weighted by Gasteiger charge is -2.18. The van der Waals surface area contributed by atoms with Crippen LogP contribution < -0.4 is 10.6 Å². The number of amides is 1. The first-order chi connectivity index (χ1) is 12.7. The number of rotatable bonds is 8. The van der Waals surface area contributed by atoms with E-state index in [2.05, 4.69) is 22.5 Å². The average Bonchev–Trinajstić information content (AvgIpc) is 3.19. The van der Waals surface area contributed by atoms with Crippen molar-refractivity contribution in [3.8, 4) is 0 Å². The number of nitrogens with one attached hydrogen (secondary N) is 2. The molecule has 1 aromatic carbocycles. The Hall–Kier alpha value is -2.08. The Bertz CT molecular complexity index is 576. The van der Waals surface area contributed by atoms with E-state index in [0.29, 0.717) is 6.54 Å². The summed E-state index contributed by atoms with van der Waals surface area (Å²) in [4.78, 5) is 18.8. The smallest absolute Gasteiger partial charge is 0.253 e. The van der Waals surface area contributed by atoms with Crippen LogP contribution in [0.5, 0.6) is 0 Å². The van der Waals surface area contributed by atoms with Crippen LogP contribution in [0.1, 0.15) is 49.5 Å². The van der Waals surface area contributed by atoms with Gasteiger partial charge in [-0.3, -0.25) is 4.79 Å². The zero-order valence-corrected chi connectivity index (χ0v) is 16.3. The fraction of sp³-hybridized carbons (Fsp3) is 0.600. The number of carbonyl (C=O) groups is 1. The van der Waals surface area contributed by atoms with Gasteiger partial charge >= 0.3 is 0 Å². The molecule has 1 aromatic rings. The Balaban J connectivity index is 1.92. The highest BCUT2D eigenvalue weighted by molar-refractivity contribution is 5.94. The molecule has 1 amide bonds. The molecule has 1 fully saturated rings. The van der Waals surface area contributed by atoms with Gasteiger partial charge < -0.3 is 20.3 Å². The molecular formula is C20H32N4O2. The van der Waals surface area contributed by atoms with Crippen molar-refractivity contribution in [2.45, 2.75) is 46.3 Å². The van der Waals surface area contributed by atoms with Crippen LogP contribution in [0.3, 0.4) is 0 Å². The largest absolute Gasteiger partial charge is 0.376 e. The number of hydrogen-bond donors (Lipinski definition) is 2. The van der Waals surface area contributed by atoms with Gasteiger partial charge in [0.15, 0.2) is 5.96 Å². The van der Waals surface area contributed by atoms with Gasteiger partial charge in [-0.15, -0.1) is 0 Å². The van der Waals surface area contributed by atoms with Gasteiger partial charge in [0.25, 0.3) is 5.91 Å². The molecule has 1 aliphatic rings. The average molecular weight is 361 g/mol. The molecule has 2 rings (SSSR count). The van der Waals surface area contributed by atoms with Gasteiger partial charge in [0, 0.05) is 38.3 Å². The van der Waals surface area contributed by atoms with Crippen LogP contribution in [0.4, 0.5) is 0 Å². The minimum absolute atomic E-state index is 0.0802. The molecule has 0 radical (unpaired) electrons. The summed E-state index contributed by atoms with van der Waals surface area (Å²) in [5.74, 6) is 0.878. The lowest BCUT2D eigenvalue weighted by atomic mass is 10.1. The predicted molar refractivity (Wildman–Crippen MR) is 105 cm³/mol. The van der Waals surface area contributed by atoms with E-state index in [4.69, 9.17) is 4.74 Å². The highest BCUT2D eigenvalue weighted by Gasteiger charge is 2.15. The topological polar surface area (TPSA) is 66.0 Å². The number of aliphatic imine (C=N–C) groups is 1. The number of hydrogen-bond acceptors (Lipinski definition) is 3. The molecule has 0 aromatic heterocycles. The first-order valence-corrected chi connectivity index (χ1v) is 9.69. The van der Waals surface area contributed by atoms with Crippen molar-refractivity contribution in [3.63, 3.8) is 0 Å². The maximum absolute atomic E-state index is 12.3. The highest BCUT2D eigenvalue weighted by atomic mass is 16.5. The fourth-order valence-corrected chi connectivity index (χ4v) is 2.97. The minimum atomic E-state index is 0.0802. The molecular weight excluding hydrogens is 328 g/mol. The monoisotopic (exact) mass is 360 g/mol. The zero-order valence-electron chi connectivity index (χ0n) is 16.3. The van der Waals surface area contributed by atoms with Crippen molar-refractivity contribution in [3.05, 3.63) is 35.4 Å². The molecule has 1 unspecified atom stereocenters. The van der Waals surface area contributed by atoms with Gasteiger partial charge in [-0.05, 0) is 51.3 Å². The quantitative estimate of drug-likeness (QED) is 0.552. The van der Waals surface area contributed by atoms with Crippen molar-refractivity contribution >= 4 is 11.9 Å². The zero-order chi connectivity index (χ0) is 18.8. The van der Waals surface area contributed by atoms with Gasteiger partial charge in [-0.25, -0.2) is 4.99 Å². The summed E-state index contributed by atoms with van der Waals surface area (Å²) in [5, 5.41) is 6.60. The molecule has 0 aliphatic carbocycles. The summed E-state index contributed by atoms with van der Waals surface area (Å²) in [6.45, 7) is 10.5. The van der Waals surface area contributed by atoms with E-state index in [-0.39, 0.29) is 12.0 Å². The van der Waals surface area contributed by atoms with E-state index >= 15 is 0 Å². The molecule has 1 heterocycles. The Labute approximate surface area is 157 Å². The molecule has 26 heavy (non-hydrogen) atoms. The lowest BCUT2D eigenvalue weighted by Crippen LogP contribution is -2.41. The standard InChI is InChI=1S/C20H32N4O2/c1-4-21-20(23-15-18-8-7-13-26-18)22-14-16-9-11-17(12-10-16)19(25)24(5-2)6-3/h9-12,18H,4-8,13-15H2,1-3H3,(H2,21,22,23). The Morgan fingerprint density at radius 3 is 2.50 bits per heavy atom. The van der Waals surface area contributed by atoms with Crippen molar-refractivity contribution < 1.29 is 9.53 Å². The van der Waals surface area contributed by atoms with Crippen LogP contribution in [-0.4, -0.2) is 55.7 Å². The Kier molecular flexibility index (Phi) is 8.41. The number of carbonyl (C=O) groups excluding carboxylic acids is 1.